The summed E-state index contributed by atoms with van der Waals surface area (Å²) in [6, 6.07) is 11.0. The number of benzene rings is 1. The van der Waals surface area contributed by atoms with Crippen molar-refractivity contribution >= 4 is 29.9 Å². The maximum Gasteiger partial charge on any atom is 0.196 e. The van der Waals surface area contributed by atoms with E-state index in [1.807, 2.05) is 0 Å². The largest absolute Gasteiger partial charge is 0.349 e. The Morgan fingerprint density at radius 1 is 1.23 bits per heavy atom. The van der Waals surface area contributed by atoms with Gasteiger partial charge >= 0.3 is 0 Å². The highest BCUT2D eigenvalue weighted by molar-refractivity contribution is 14.0. The number of nitrogens with zero attached hydrogens (tertiary/aromatic N) is 3. The molecule has 0 aromatic heterocycles. The van der Waals surface area contributed by atoms with Crippen LogP contribution in [0, 0.1) is 5.92 Å². The van der Waals surface area contributed by atoms with Gasteiger partial charge in [-0.05, 0) is 30.7 Å². The lowest BCUT2D eigenvalue weighted by molar-refractivity contribution is 0.205. The summed E-state index contributed by atoms with van der Waals surface area (Å²) in [6.45, 7) is 7.50. The summed E-state index contributed by atoms with van der Waals surface area (Å²) < 4.78 is 0. The highest BCUT2D eigenvalue weighted by Gasteiger charge is 2.30. The summed E-state index contributed by atoms with van der Waals surface area (Å²) in [7, 11) is 4.19. The van der Waals surface area contributed by atoms with Crippen LogP contribution in [-0.2, 0) is 0 Å². The van der Waals surface area contributed by atoms with Crippen molar-refractivity contribution in [1.82, 2.24) is 9.80 Å². The molecule has 0 saturated carbocycles. The molecule has 1 fully saturated rings. The molecule has 0 amide bonds. The first kappa shape index (κ1) is 19.3. The molecule has 1 saturated heterocycles. The highest BCUT2D eigenvalue weighted by Crippen LogP contribution is 2.35. The molecule has 1 aliphatic heterocycles. The van der Waals surface area contributed by atoms with Crippen LogP contribution in [0.5, 0.6) is 0 Å². The summed E-state index contributed by atoms with van der Waals surface area (Å²) >= 11 is 0. The Balaban J connectivity index is 0.00000242. The normalized spacial score (nSPS) is 22.2. The number of likely N-dealkylation sites (tertiary alicyclic amines) is 1. The average Bonchev–Trinajstić information content (AvgIpc) is 2.52. The van der Waals surface area contributed by atoms with Crippen LogP contribution >= 0.6 is 24.0 Å². The molecule has 0 aliphatic carbocycles. The molecular weight excluding hydrogens is 385 g/mol. The number of hydrogen-bond donors (Lipinski definition) is 0. The fourth-order valence-corrected chi connectivity index (χ4v) is 3.43. The number of guanidine groups is 1. The fraction of sp³-hybridized carbons (Fsp3) is 0.611. The van der Waals surface area contributed by atoms with Gasteiger partial charge in [-0.25, -0.2) is 0 Å². The fourth-order valence-electron chi connectivity index (χ4n) is 3.43. The zero-order valence-electron chi connectivity index (χ0n) is 14.3. The van der Waals surface area contributed by atoms with Gasteiger partial charge in [-0.3, -0.25) is 4.99 Å². The molecular formula is C18H30IN3. The van der Waals surface area contributed by atoms with E-state index in [9.17, 15) is 0 Å². The molecule has 0 N–H and O–H groups in total. The molecule has 2 unspecified atom stereocenters. The van der Waals surface area contributed by atoms with E-state index in [4.69, 9.17) is 0 Å². The van der Waals surface area contributed by atoms with Gasteiger partial charge in [0.15, 0.2) is 5.96 Å². The smallest absolute Gasteiger partial charge is 0.196 e. The van der Waals surface area contributed by atoms with Gasteiger partial charge in [0.2, 0.25) is 0 Å². The van der Waals surface area contributed by atoms with E-state index in [2.05, 4.69) is 73.1 Å². The van der Waals surface area contributed by atoms with E-state index in [0.717, 1.165) is 25.6 Å². The molecule has 0 radical (unpaired) electrons. The zero-order valence-corrected chi connectivity index (χ0v) is 16.7. The first-order chi connectivity index (χ1) is 10.2. The van der Waals surface area contributed by atoms with Crippen LogP contribution in [0.1, 0.15) is 38.2 Å². The SMILES string of the molecule is CCN=C(N(C)C)N1CCC(c2ccccc2)C(CC)C1.I. The van der Waals surface area contributed by atoms with Gasteiger partial charge in [0.25, 0.3) is 0 Å². The molecule has 1 aliphatic rings. The molecule has 0 spiro atoms. The van der Waals surface area contributed by atoms with E-state index in [1.54, 1.807) is 0 Å². The lowest BCUT2D eigenvalue weighted by atomic mass is 9.79. The van der Waals surface area contributed by atoms with Crippen LogP contribution in [0.25, 0.3) is 0 Å². The minimum Gasteiger partial charge on any atom is -0.349 e. The van der Waals surface area contributed by atoms with Crippen molar-refractivity contribution in [2.45, 2.75) is 32.6 Å². The topological polar surface area (TPSA) is 18.8 Å². The van der Waals surface area contributed by atoms with Crippen molar-refractivity contribution in [2.75, 3.05) is 33.7 Å². The number of hydrogen-bond acceptors (Lipinski definition) is 1. The van der Waals surface area contributed by atoms with Crippen LogP contribution < -0.4 is 0 Å². The van der Waals surface area contributed by atoms with Crippen LogP contribution in [0.2, 0.25) is 0 Å². The van der Waals surface area contributed by atoms with Gasteiger partial charge in [-0.2, -0.15) is 0 Å². The van der Waals surface area contributed by atoms with Gasteiger partial charge in [0, 0.05) is 33.7 Å². The maximum absolute atomic E-state index is 4.68. The summed E-state index contributed by atoms with van der Waals surface area (Å²) in [5, 5.41) is 0. The standard InChI is InChI=1S/C18H29N3.HI/c1-5-15-14-21(18(19-6-2)20(3)4)13-12-17(15)16-10-8-7-9-11-16;/h7-11,15,17H,5-6,12-14H2,1-4H3;1H. The monoisotopic (exact) mass is 415 g/mol. The minimum absolute atomic E-state index is 0. The number of piperidine rings is 1. The van der Waals surface area contributed by atoms with Crippen molar-refractivity contribution in [3.63, 3.8) is 0 Å². The molecule has 1 heterocycles. The van der Waals surface area contributed by atoms with Crippen molar-refractivity contribution < 1.29 is 0 Å². The second-order valence-corrected chi connectivity index (χ2v) is 6.09. The molecule has 2 rings (SSSR count). The molecule has 1 aromatic rings. The van der Waals surface area contributed by atoms with Crippen molar-refractivity contribution in [3.8, 4) is 0 Å². The maximum atomic E-state index is 4.68. The lowest BCUT2D eigenvalue weighted by Gasteiger charge is -2.41. The van der Waals surface area contributed by atoms with Gasteiger partial charge in [-0.15, -0.1) is 24.0 Å². The summed E-state index contributed by atoms with van der Waals surface area (Å²) in [5.74, 6) is 2.54. The molecule has 3 nitrogen and oxygen atoms in total. The Morgan fingerprint density at radius 3 is 2.45 bits per heavy atom. The number of halogens is 1. The van der Waals surface area contributed by atoms with Crippen molar-refractivity contribution in [2.24, 2.45) is 10.9 Å². The van der Waals surface area contributed by atoms with Crippen molar-refractivity contribution in [3.05, 3.63) is 35.9 Å². The van der Waals surface area contributed by atoms with E-state index in [1.165, 1.54) is 18.4 Å². The zero-order chi connectivity index (χ0) is 15.2. The Hall–Kier alpha value is -0.780. The van der Waals surface area contributed by atoms with E-state index in [0.29, 0.717) is 11.8 Å². The molecule has 2 atom stereocenters. The Kier molecular flexibility index (Phi) is 8.21. The van der Waals surface area contributed by atoms with E-state index < -0.39 is 0 Å². The second-order valence-electron chi connectivity index (χ2n) is 6.09. The van der Waals surface area contributed by atoms with E-state index >= 15 is 0 Å². The second kappa shape index (κ2) is 9.38. The third kappa shape index (κ3) is 4.61. The summed E-state index contributed by atoms with van der Waals surface area (Å²) in [5.41, 5.74) is 1.50. The third-order valence-electron chi connectivity index (χ3n) is 4.47. The number of rotatable bonds is 3. The first-order valence-corrected chi connectivity index (χ1v) is 8.19. The Labute approximate surface area is 152 Å². The molecule has 4 heteroatoms. The third-order valence-corrected chi connectivity index (χ3v) is 4.47. The molecule has 0 bridgehead atoms. The summed E-state index contributed by atoms with van der Waals surface area (Å²) in [4.78, 5) is 9.30. The first-order valence-electron chi connectivity index (χ1n) is 8.19. The van der Waals surface area contributed by atoms with Crippen LogP contribution in [0.3, 0.4) is 0 Å². The predicted molar refractivity (Wildman–Crippen MR) is 106 cm³/mol. The number of aliphatic imine (C=N–C) groups is 1. The van der Waals surface area contributed by atoms with Crippen LogP contribution in [0.4, 0.5) is 0 Å². The van der Waals surface area contributed by atoms with Crippen molar-refractivity contribution in [1.29, 1.82) is 0 Å². The Morgan fingerprint density at radius 2 is 1.91 bits per heavy atom. The van der Waals surface area contributed by atoms with E-state index in [-0.39, 0.29) is 24.0 Å². The van der Waals surface area contributed by atoms with Crippen LogP contribution in [-0.4, -0.2) is 49.5 Å². The lowest BCUT2D eigenvalue weighted by Crippen LogP contribution is -2.48. The molecule has 1 aromatic carbocycles. The minimum atomic E-state index is 0. The Bertz CT molecular complexity index is 459. The average molecular weight is 415 g/mol. The predicted octanol–water partition coefficient (Wildman–Crippen LogP) is 4.06. The van der Waals surface area contributed by atoms with Crippen LogP contribution in [0.15, 0.2) is 35.3 Å². The van der Waals surface area contributed by atoms with Gasteiger partial charge in [0.05, 0.1) is 0 Å². The van der Waals surface area contributed by atoms with Gasteiger partial charge in [-0.1, -0.05) is 43.7 Å². The van der Waals surface area contributed by atoms with Gasteiger partial charge < -0.3 is 9.80 Å². The highest BCUT2D eigenvalue weighted by atomic mass is 127. The molecule has 22 heavy (non-hydrogen) atoms. The summed E-state index contributed by atoms with van der Waals surface area (Å²) in [6.07, 6.45) is 2.45. The molecule has 124 valence electrons. The van der Waals surface area contributed by atoms with Gasteiger partial charge in [0.1, 0.15) is 0 Å². The quantitative estimate of drug-likeness (QED) is 0.421.